The van der Waals surface area contributed by atoms with Crippen molar-refractivity contribution in [3.63, 3.8) is 0 Å². The number of hydrogen-bond acceptors (Lipinski definition) is 2. The molecule has 0 amide bonds. The standard InChI is InChI=1S/C10H10BrN3/c11-5-8-6-13-14-10(8)7-1-3-9(12)4-2-7/h1-4,6H,5,12H2,(H,13,14). The summed E-state index contributed by atoms with van der Waals surface area (Å²) in [6.45, 7) is 0. The Kier molecular flexibility index (Phi) is 2.54. The molecule has 1 aromatic heterocycles. The van der Waals surface area contributed by atoms with E-state index in [-0.39, 0.29) is 0 Å². The van der Waals surface area contributed by atoms with Crippen LogP contribution >= 0.6 is 15.9 Å². The molecule has 3 nitrogen and oxygen atoms in total. The molecular weight excluding hydrogens is 242 g/mol. The first-order valence-corrected chi connectivity index (χ1v) is 5.37. The lowest BCUT2D eigenvalue weighted by molar-refractivity contribution is 1.10. The Morgan fingerprint density at radius 2 is 2.00 bits per heavy atom. The Labute approximate surface area is 90.5 Å². The van der Waals surface area contributed by atoms with Crippen LogP contribution in [0, 0.1) is 0 Å². The number of rotatable bonds is 2. The van der Waals surface area contributed by atoms with E-state index >= 15 is 0 Å². The van der Waals surface area contributed by atoms with Gasteiger partial charge in [-0.05, 0) is 17.7 Å². The van der Waals surface area contributed by atoms with Gasteiger partial charge in [0.05, 0.1) is 11.9 Å². The summed E-state index contributed by atoms with van der Waals surface area (Å²) < 4.78 is 0. The van der Waals surface area contributed by atoms with Gasteiger partial charge in [0.1, 0.15) is 0 Å². The first kappa shape index (κ1) is 9.27. The maximum absolute atomic E-state index is 5.62. The largest absolute Gasteiger partial charge is 0.399 e. The molecule has 0 unspecified atom stereocenters. The van der Waals surface area contributed by atoms with Crippen LogP contribution in [-0.4, -0.2) is 10.2 Å². The quantitative estimate of drug-likeness (QED) is 0.637. The smallest absolute Gasteiger partial charge is 0.0690 e. The molecule has 0 radical (unpaired) electrons. The lowest BCUT2D eigenvalue weighted by Gasteiger charge is -2.00. The number of anilines is 1. The molecular formula is C10H10BrN3. The maximum atomic E-state index is 5.62. The van der Waals surface area contributed by atoms with E-state index in [0.29, 0.717) is 0 Å². The van der Waals surface area contributed by atoms with Crippen LogP contribution in [-0.2, 0) is 5.33 Å². The highest BCUT2D eigenvalue weighted by Gasteiger charge is 2.05. The second-order valence-corrected chi connectivity index (χ2v) is 3.59. The van der Waals surface area contributed by atoms with Gasteiger partial charge in [0.15, 0.2) is 0 Å². The minimum atomic E-state index is 0.772. The molecule has 2 aromatic rings. The van der Waals surface area contributed by atoms with Crippen LogP contribution < -0.4 is 5.73 Å². The SMILES string of the molecule is Nc1ccc(-c2[nH]ncc2CBr)cc1. The highest BCUT2D eigenvalue weighted by atomic mass is 79.9. The summed E-state index contributed by atoms with van der Waals surface area (Å²) in [6.07, 6.45) is 1.82. The second kappa shape index (κ2) is 3.84. The third kappa shape index (κ3) is 1.65. The summed E-state index contributed by atoms with van der Waals surface area (Å²) in [7, 11) is 0. The van der Waals surface area contributed by atoms with Crippen LogP contribution in [0.5, 0.6) is 0 Å². The van der Waals surface area contributed by atoms with Gasteiger partial charge in [0.2, 0.25) is 0 Å². The van der Waals surface area contributed by atoms with Gasteiger partial charge >= 0.3 is 0 Å². The summed E-state index contributed by atoms with van der Waals surface area (Å²) in [6, 6.07) is 7.73. The number of nitrogens with two attached hydrogens (primary N) is 1. The van der Waals surface area contributed by atoms with Gasteiger partial charge < -0.3 is 5.73 Å². The van der Waals surface area contributed by atoms with Gasteiger partial charge in [-0.25, -0.2) is 0 Å². The number of aromatic nitrogens is 2. The summed E-state index contributed by atoms with van der Waals surface area (Å²) in [5, 5.41) is 7.77. The molecule has 3 N–H and O–H groups in total. The van der Waals surface area contributed by atoms with Crippen molar-refractivity contribution in [1.29, 1.82) is 0 Å². The minimum Gasteiger partial charge on any atom is -0.399 e. The van der Waals surface area contributed by atoms with Gasteiger partial charge in [-0.15, -0.1) is 0 Å². The van der Waals surface area contributed by atoms with E-state index in [1.807, 2.05) is 30.5 Å². The lowest BCUT2D eigenvalue weighted by Crippen LogP contribution is -1.86. The van der Waals surface area contributed by atoms with Crippen LogP contribution in [0.2, 0.25) is 0 Å². The molecule has 0 aliphatic rings. The van der Waals surface area contributed by atoms with Crippen LogP contribution in [0.1, 0.15) is 5.56 Å². The van der Waals surface area contributed by atoms with E-state index in [9.17, 15) is 0 Å². The average Bonchev–Trinajstić information content (AvgIpc) is 2.67. The lowest BCUT2D eigenvalue weighted by atomic mass is 10.1. The third-order valence-corrected chi connectivity index (χ3v) is 2.67. The van der Waals surface area contributed by atoms with E-state index in [1.54, 1.807) is 0 Å². The number of hydrogen-bond donors (Lipinski definition) is 2. The number of halogens is 1. The topological polar surface area (TPSA) is 54.7 Å². The normalized spacial score (nSPS) is 10.4. The Hall–Kier alpha value is -1.29. The van der Waals surface area contributed by atoms with Gasteiger partial charge in [0, 0.05) is 16.6 Å². The number of aromatic amines is 1. The number of alkyl halides is 1. The fraction of sp³-hybridized carbons (Fsp3) is 0.100. The molecule has 0 bridgehead atoms. The third-order valence-electron chi connectivity index (χ3n) is 2.06. The van der Waals surface area contributed by atoms with Crippen molar-refractivity contribution in [2.45, 2.75) is 5.33 Å². The first-order valence-electron chi connectivity index (χ1n) is 4.25. The monoisotopic (exact) mass is 251 g/mol. The zero-order valence-corrected chi connectivity index (χ0v) is 9.08. The van der Waals surface area contributed by atoms with Crippen molar-refractivity contribution in [2.24, 2.45) is 0 Å². The fourth-order valence-electron chi connectivity index (χ4n) is 1.31. The van der Waals surface area contributed by atoms with Crippen molar-refractivity contribution in [3.05, 3.63) is 36.0 Å². The predicted molar refractivity (Wildman–Crippen MR) is 61.1 cm³/mol. The van der Waals surface area contributed by atoms with Crippen LogP contribution in [0.3, 0.4) is 0 Å². The molecule has 72 valence electrons. The molecule has 14 heavy (non-hydrogen) atoms. The maximum Gasteiger partial charge on any atom is 0.0690 e. The van der Waals surface area contributed by atoms with E-state index in [0.717, 1.165) is 27.8 Å². The molecule has 0 saturated heterocycles. The van der Waals surface area contributed by atoms with Gasteiger partial charge in [-0.3, -0.25) is 5.10 Å². The van der Waals surface area contributed by atoms with Crippen LogP contribution in [0.15, 0.2) is 30.5 Å². The van der Waals surface area contributed by atoms with Crippen molar-refractivity contribution in [1.82, 2.24) is 10.2 Å². The molecule has 4 heteroatoms. The van der Waals surface area contributed by atoms with Crippen molar-refractivity contribution < 1.29 is 0 Å². The van der Waals surface area contributed by atoms with E-state index in [1.165, 1.54) is 0 Å². The van der Waals surface area contributed by atoms with Gasteiger partial charge in [0.25, 0.3) is 0 Å². The average molecular weight is 252 g/mol. The zero-order chi connectivity index (χ0) is 9.97. The van der Waals surface area contributed by atoms with Crippen molar-refractivity contribution in [2.75, 3.05) is 5.73 Å². The van der Waals surface area contributed by atoms with E-state index < -0.39 is 0 Å². The molecule has 0 fully saturated rings. The number of H-pyrrole nitrogens is 1. The number of benzene rings is 1. The highest BCUT2D eigenvalue weighted by Crippen LogP contribution is 2.23. The zero-order valence-electron chi connectivity index (χ0n) is 7.50. The summed E-state index contributed by atoms with van der Waals surface area (Å²) >= 11 is 3.41. The molecule has 1 aromatic carbocycles. The Morgan fingerprint density at radius 1 is 1.29 bits per heavy atom. The van der Waals surface area contributed by atoms with Gasteiger partial charge in [-0.1, -0.05) is 28.1 Å². The Bertz CT molecular complexity index is 419. The second-order valence-electron chi connectivity index (χ2n) is 3.03. The fourth-order valence-corrected chi connectivity index (χ4v) is 1.74. The van der Waals surface area contributed by atoms with E-state index in [2.05, 4.69) is 26.1 Å². The summed E-state index contributed by atoms with van der Waals surface area (Å²) in [5.41, 5.74) is 9.68. The van der Waals surface area contributed by atoms with Crippen molar-refractivity contribution in [3.8, 4) is 11.3 Å². The molecule has 0 spiro atoms. The first-order chi connectivity index (χ1) is 6.81. The van der Waals surface area contributed by atoms with Crippen LogP contribution in [0.25, 0.3) is 11.3 Å². The van der Waals surface area contributed by atoms with Gasteiger partial charge in [-0.2, -0.15) is 5.10 Å². The van der Waals surface area contributed by atoms with Crippen molar-refractivity contribution >= 4 is 21.6 Å². The summed E-state index contributed by atoms with van der Waals surface area (Å²) in [5.74, 6) is 0. The number of nitrogens with zero attached hydrogens (tertiary/aromatic N) is 1. The molecule has 0 aliphatic carbocycles. The molecule has 0 saturated carbocycles. The summed E-state index contributed by atoms with van der Waals surface area (Å²) in [4.78, 5) is 0. The molecule has 1 heterocycles. The number of nitrogens with one attached hydrogen (secondary N) is 1. The predicted octanol–water partition coefficient (Wildman–Crippen LogP) is 2.55. The van der Waals surface area contributed by atoms with Crippen LogP contribution in [0.4, 0.5) is 5.69 Å². The minimum absolute atomic E-state index is 0.772. The molecule has 0 aliphatic heterocycles. The van der Waals surface area contributed by atoms with E-state index in [4.69, 9.17) is 5.73 Å². The highest BCUT2D eigenvalue weighted by molar-refractivity contribution is 9.08. The molecule has 2 rings (SSSR count). The molecule has 0 atom stereocenters. The Morgan fingerprint density at radius 3 is 2.64 bits per heavy atom. The number of nitrogen functional groups attached to an aromatic ring is 1. The Balaban J connectivity index is 2.44.